The maximum Gasteiger partial charge on any atom is 0.294 e. The molecule has 2 rings (SSSR count). The Morgan fingerprint density at radius 1 is 0.773 bits per heavy atom. The van der Waals surface area contributed by atoms with Crippen LogP contribution in [0.4, 0.5) is 0 Å². The van der Waals surface area contributed by atoms with Crippen LogP contribution >= 0.6 is 0 Å². The molecule has 0 saturated heterocycles. The summed E-state index contributed by atoms with van der Waals surface area (Å²) < 4.78 is 62.8. The summed E-state index contributed by atoms with van der Waals surface area (Å²) in [7, 11) is -8.62. The van der Waals surface area contributed by atoms with Gasteiger partial charge in [-0.3, -0.25) is 9.11 Å². The molecule has 2 N–H and O–H groups in total. The standard InChI is InChI=1S/C14H14O6S2/c1-10(11-4-2-6-13(8-11)21(15,16)17)12-5-3-7-14(9-12)22(18,19)20/h2-10H,1H3,(H,15,16,17)(H,18,19,20). The minimum atomic E-state index is -4.31. The number of benzene rings is 2. The SMILES string of the molecule is CC(c1cccc(S(=O)(=O)O)c1)c1cccc(S(=O)(=O)O)c1. The van der Waals surface area contributed by atoms with Crippen LogP contribution in [0.5, 0.6) is 0 Å². The van der Waals surface area contributed by atoms with Gasteiger partial charge in [-0.05, 0) is 35.4 Å². The van der Waals surface area contributed by atoms with Gasteiger partial charge in [0.1, 0.15) is 0 Å². The molecule has 0 unspecified atom stereocenters. The van der Waals surface area contributed by atoms with E-state index < -0.39 is 20.2 Å². The van der Waals surface area contributed by atoms with Crippen molar-refractivity contribution in [2.45, 2.75) is 22.6 Å². The van der Waals surface area contributed by atoms with Gasteiger partial charge in [0.25, 0.3) is 20.2 Å². The second-order valence-electron chi connectivity index (χ2n) is 4.82. The normalized spacial score (nSPS) is 12.5. The lowest BCUT2D eigenvalue weighted by molar-refractivity contribution is 0.481. The van der Waals surface area contributed by atoms with Gasteiger partial charge in [-0.15, -0.1) is 0 Å². The number of hydrogen-bond donors (Lipinski definition) is 2. The zero-order valence-electron chi connectivity index (χ0n) is 11.5. The van der Waals surface area contributed by atoms with E-state index in [1.807, 2.05) is 0 Å². The van der Waals surface area contributed by atoms with Crippen LogP contribution in [0, 0.1) is 0 Å². The second kappa shape index (κ2) is 5.81. The highest BCUT2D eigenvalue weighted by Crippen LogP contribution is 2.27. The first kappa shape index (κ1) is 16.6. The Kier molecular flexibility index (Phi) is 4.39. The minimum Gasteiger partial charge on any atom is -0.282 e. The van der Waals surface area contributed by atoms with Crippen molar-refractivity contribution in [2.24, 2.45) is 0 Å². The summed E-state index contributed by atoms with van der Waals surface area (Å²) >= 11 is 0. The molecule has 8 heteroatoms. The van der Waals surface area contributed by atoms with Gasteiger partial charge < -0.3 is 0 Å². The molecule has 0 radical (unpaired) electrons. The van der Waals surface area contributed by atoms with Gasteiger partial charge in [0, 0.05) is 5.92 Å². The molecule has 0 bridgehead atoms. The van der Waals surface area contributed by atoms with E-state index in [1.165, 1.54) is 36.4 Å². The average Bonchev–Trinajstić information content (AvgIpc) is 2.45. The van der Waals surface area contributed by atoms with Crippen molar-refractivity contribution in [3.63, 3.8) is 0 Å². The molecule has 118 valence electrons. The number of rotatable bonds is 4. The summed E-state index contributed by atoms with van der Waals surface area (Å²) in [5.74, 6) is -0.330. The van der Waals surface area contributed by atoms with Crippen molar-refractivity contribution in [3.8, 4) is 0 Å². The minimum absolute atomic E-state index is 0.234. The monoisotopic (exact) mass is 342 g/mol. The molecule has 2 aromatic rings. The lowest BCUT2D eigenvalue weighted by Gasteiger charge is -2.14. The summed E-state index contributed by atoms with van der Waals surface area (Å²) in [4.78, 5) is -0.467. The third-order valence-corrected chi connectivity index (χ3v) is 5.01. The van der Waals surface area contributed by atoms with Crippen molar-refractivity contribution in [1.29, 1.82) is 0 Å². The van der Waals surface area contributed by atoms with E-state index in [0.29, 0.717) is 11.1 Å². The van der Waals surface area contributed by atoms with Gasteiger partial charge in [-0.25, -0.2) is 0 Å². The summed E-state index contributed by atoms with van der Waals surface area (Å²) in [6.07, 6.45) is 0. The first-order valence-corrected chi connectivity index (χ1v) is 9.12. The van der Waals surface area contributed by atoms with E-state index in [0.717, 1.165) is 0 Å². The van der Waals surface area contributed by atoms with Crippen LogP contribution in [0.25, 0.3) is 0 Å². The molecule has 0 amide bonds. The smallest absolute Gasteiger partial charge is 0.282 e. The van der Waals surface area contributed by atoms with Crippen molar-refractivity contribution in [3.05, 3.63) is 59.7 Å². The molecule has 0 heterocycles. The molecular weight excluding hydrogens is 328 g/mol. The second-order valence-corrected chi connectivity index (χ2v) is 7.66. The molecule has 0 aliphatic heterocycles. The third-order valence-electron chi connectivity index (χ3n) is 3.31. The fourth-order valence-corrected chi connectivity index (χ4v) is 3.15. The van der Waals surface area contributed by atoms with Crippen molar-refractivity contribution >= 4 is 20.2 Å². The first-order chi connectivity index (χ1) is 10.1. The van der Waals surface area contributed by atoms with Gasteiger partial charge in [-0.2, -0.15) is 16.8 Å². The van der Waals surface area contributed by atoms with Crippen LogP contribution in [0.15, 0.2) is 58.3 Å². The Morgan fingerprint density at radius 3 is 1.45 bits per heavy atom. The fourth-order valence-electron chi connectivity index (χ4n) is 2.08. The van der Waals surface area contributed by atoms with E-state index in [-0.39, 0.29) is 15.7 Å². The van der Waals surface area contributed by atoms with E-state index in [1.54, 1.807) is 19.1 Å². The van der Waals surface area contributed by atoms with Crippen LogP contribution in [-0.2, 0) is 20.2 Å². The molecule has 22 heavy (non-hydrogen) atoms. The van der Waals surface area contributed by atoms with Crippen LogP contribution < -0.4 is 0 Å². The highest BCUT2D eigenvalue weighted by Gasteiger charge is 2.16. The Morgan fingerprint density at radius 2 is 1.14 bits per heavy atom. The maximum atomic E-state index is 11.2. The molecule has 0 aromatic heterocycles. The zero-order valence-corrected chi connectivity index (χ0v) is 13.2. The van der Waals surface area contributed by atoms with Crippen molar-refractivity contribution in [2.75, 3.05) is 0 Å². The van der Waals surface area contributed by atoms with Gasteiger partial charge in [0.05, 0.1) is 9.79 Å². The summed E-state index contributed by atoms with van der Waals surface area (Å²) in [6, 6.07) is 11.5. The maximum absolute atomic E-state index is 11.2. The highest BCUT2D eigenvalue weighted by molar-refractivity contribution is 7.86. The summed E-state index contributed by atoms with van der Waals surface area (Å²) in [5.41, 5.74) is 1.17. The average molecular weight is 342 g/mol. The molecule has 0 aliphatic rings. The predicted molar refractivity (Wildman–Crippen MR) is 80.0 cm³/mol. The van der Waals surface area contributed by atoms with Crippen molar-refractivity contribution < 1.29 is 25.9 Å². The molecule has 6 nitrogen and oxygen atoms in total. The molecule has 0 spiro atoms. The Bertz CT molecular complexity index is 825. The third kappa shape index (κ3) is 3.72. The van der Waals surface area contributed by atoms with E-state index in [2.05, 4.69) is 0 Å². The van der Waals surface area contributed by atoms with E-state index in [4.69, 9.17) is 9.11 Å². The van der Waals surface area contributed by atoms with Crippen molar-refractivity contribution in [1.82, 2.24) is 0 Å². The molecule has 0 aliphatic carbocycles. The van der Waals surface area contributed by atoms with Gasteiger partial charge in [0.15, 0.2) is 0 Å². The molecule has 2 aromatic carbocycles. The Balaban J connectivity index is 2.47. The topological polar surface area (TPSA) is 109 Å². The summed E-state index contributed by atoms with van der Waals surface area (Å²) in [5, 5.41) is 0. The van der Waals surface area contributed by atoms with Crippen LogP contribution in [0.2, 0.25) is 0 Å². The fraction of sp³-hybridized carbons (Fsp3) is 0.143. The van der Waals surface area contributed by atoms with Gasteiger partial charge in [0.2, 0.25) is 0 Å². The van der Waals surface area contributed by atoms with E-state index in [9.17, 15) is 16.8 Å². The lowest BCUT2D eigenvalue weighted by atomic mass is 9.93. The zero-order chi connectivity index (χ0) is 16.5. The van der Waals surface area contributed by atoms with Gasteiger partial charge >= 0.3 is 0 Å². The number of hydrogen-bond acceptors (Lipinski definition) is 4. The van der Waals surface area contributed by atoms with Crippen LogP contribution in [0.1, 0.15) is 24.0 Å². The largest absolute Gasteiger partial charge is 0.294 e. The van der Waals surface area contributed by atoms with Gasteiger partial charge in [-0.1, -0.05) is 31.2 Å². The first-order valence-electron chi connectivity index (χ1n) is 6.24. The molecule has 0 fully saturated rings. The highest BCUT2D eigenvalue weighted by atomic mass is 32.2. The predicted octanol–water partition coefficient (Wildman–Crippen LogP) is 2.33. The quantitative estimate of drug-likeness (QED) is 0.826. The van der Waals surface area contributed by atoms with Crippen LogP contribution in [0.3, 0.4) is 0 Å². The molecular formula is C14H14O6S2. The Hall–Kier alpha value is -1.74. The Labute approximate surface area is 128 Å². The van der Waals surface area contributed by atoms with Crippen LogP contribution in [-0.4, -0.2) is 25.9 Å². The lowest BCUT2D eigenvalue weighted by Crippen LogP contribution is -2.03. The molecule has 0 saturated carbocycles. The summed E-state index contributed by atoms with van der Waals surface area (Å²) in [6.45, 7) is 1.76. The molecule has 0 atom stereocenters. The van der Waals surface area contributed by atoms with E-state index >= 15 is 0 Å².